The van der Waals surface area contributed by atoms with Gasteiger partial charge in [-0.05, 0) is 48.7 Å². The van der Waals surface area contributed by atoms with Crippen LogP contribution in [0.4, 0.5) is 8.78 Å². The van der Waals surface area contributed by atoms with E-state index >= 15 is 0 Å². The molecule has 0 saturated heterocycles. The number of carbonyl (C=O) groups is 1. The number of benzene rings is 2. The summed E-state index contributed by atoms with van der Waals surface area (Å²) in [5.74, 6) is -0.629. The molecule has 3 nitrogen and oxygen atoms in total. The Morgan fingerprint density at radius 1 is 0.913 bits per heavy atom. The summed E-state index contributed by atoms with van der Waals surface area (Å²) in [4.78, 5) is 11.7. The molecule has 2 N–H and O–H groups in total. The quantitative estimate of drug-likeness (QED) is 0.734. The summed E-state index contributed by atoms with van der Waals surface area (Å²) in [7, 11) is 0. The lowest BCUT2D eigenvalue weighted by Crippen LogP contribution is -2.35. The van der Waals surface area contributed by atoms with Gasteiger partial charge >= 0.3 is 0 Å². The first-order valence-corrected chi connectivity index (χ1v) is 7.60. The molecule has 5 heteroatoms. The van der Waals surface area contributed by atoms with Crippen molar-refractivity contribution in [3.8, 4) is 0 Å². The van der Waals surface area contributed by atoms with E-state index in [0.29, 0.717) is 25.1 Å². The van der Waals surface area contributed by atoms with Crippen LogP contribution in [0.25, 0.3) is 0 Å². The number of halogens is 2. The summed E-state index contributed by atoms with van der Waals surface area (Å²) in [6, 6.07) is 12.8. The molecule has 2 aromatic carbocycles. The molecule has 2 aromatic rings. The summed E-state index contributed by atoms with van der Waals surface area (Å²) in [5.41, 5.74) is 1.61. The SMILES string of the molecule is O=C(CNCCc1ccc(F)cc1)NCCc1ccccc1F. The Labute approximate surface area is 134 Å². The van der Waals surface area contributed by atoms with Gasteiger partial charge in [0.2, 0.25) is 5.91 Å². The molecule has 0 bridgehead atoms. The molecule has 0 aromatic heterocycles. The molecule has 0 radical (unpaired) electrons. The molecular weight excluding hydrogens is 298 g/mol. The third-order valence-electron chi connectivity index (χ3n) is 3.46. The number of rotatable bonds is 8. The Kier molecular flexibility index (Phi) is 6.69. The van der Waals surface area contributed by atoms with Crippen LogP contribution in [0.5, 0.6) is 0 Å². The smallest absolute Gasteiger partial charge is 0.233 e. The predicted octanol–water partition coefficient (Wildman–Crippen LogP) is 2.46. The first kappa shape index (κ1) is 17.1. The second kappa shape index (κ2) is 9.00. The molecular formula is C18H20F2N2O. The molecule has 122 valence electrons. The van der Waals surface area contributed by atoms with Gasteiger partial charge in [-0.1, -0.05) is 30.3 Å². The zero-order chi connectivity index (χ0) is 16.5. The van der Waals surface area contributed by atoms with Crippen LogP contribution in [0, 0.1) is 11.6 Å². The maximum absolute atomic E-state index is 13.4. The van der Waals surface area contributed by atoms with Crippen molar-refractivity contribution in [1.82, 2.24) is 10.6 Å². The van der Waals surface area contributed by atoms with E-state index in [4.69, 9.17) is 0 Å². The van der Waals surface area contributed by atoms with Crippen molar-refractivity contribution < 1.29 is 13.6 Å². The average Bonchev–Trinajstić information content (AvgIpc) is 2.55. The van der Waals surface area contributed by atoms with Gasteiger partial charge in [0.05, 0.1) is 6.54 Å². The molecule has 23 heavy (non-hydrogen) atoms. The minimum absolute atomic E-state index is 0.125. The van der Waals surface area contributed by atoms with Gasteiger partial charge in [-0.3, -0.25) is 4.79 Å². The Hall–Kier alpha value is -2.27. The molecule has 0 aliphatic carbocycles. The first-order valence-electron chi connectivity index (χ1n) is 7.60. The maximum atomic E-state index is 13.4. The van der Waals surface area contributed by atoms with Gasteiger partial charge in [-0.25, -0.2) is 8.78 Å². The van der Waals surface area contributed by atoms with Crippen molar-refractivity contribution in [2.75, 3.05) is 19.6 Å². The van der Waals surface area contributed by atoms with Crippen LogP contribution in [-0.4, -0.2) is 25.5 Å². The number of carbonyl (C=O) groups excluding carboxylic acids is 1. The fourth-order valence-electron chi connectivity index (χ4n) is 2.19. The van der Waals surface area contributed by atoms with E-state index in [0.717, 1.165) is 12.0 Å². The summed E-state index contributed by atoms with van der Waals surface area (Å²) < 4.78 is 26.2. The van der Waals surface area contributed by atoms with Crippen LogP contribution in [0.3, 0.4) is 0 Å². The molecule has 0 saturated carbocycles. The Bertz CT molecular complexity index is 629. The van der Waals surface area contributed by atoms with Crippen molar-refractivity contribution in [3.05, 3.63) is 71.3 Å². The van der Waals surface area contributed by atoms with Gasteiger partial charge in [0.1, 0.15) is 11.6 Å². The summed E-state index contributed by atoms with van der Waals surface area (Å²) >= 11 is 0. The Morgan fingerprint density at radius 2 is 1.65 bits per heavy atom. The van der Waals surface area contributed by atoms with Gasteiger partial charge in [0.15, 0.2) is 0 Å². The summed E-state index contributed by atoms with van der Waals surface area (Å²) in [5, 5.41) is 5.78. The molecule has 0 fully saturated rings. The molecule has 0 heterocycles. The third-order valence-corrected chi connectivity index (χ3v) is 3.46. The van der Waals surface area contributed by atoms with E-state index < -0.39 is 0 Å². The number of amides is 1. The lowest BCUT2D eigenvalue weighted by molar-refractivity contribution is -0.120. The summed E-state index contributed by atoms with van der Waals surface area (Å²) in [6.07, 6.45) is 1.19. The molecule has 0 spiro atoms. The Morgan fingerprint density at radius 3 is 2.39 bits per heavy atom. The second-order valence-electron chi connectivity index (χ2n) is 5.24. The number of nitrogens with one attached hydrogen (secondary N) is 2. The fraction of sp³-hybridized carbons (Fsp3) is 0.278. The van der Waals surface area contributed by atoms with E-state index in [-0.39, 0.29) is 24.1 Å². The van der Waals surface area contributed by atoms with Crippen molar-refractivity contribution in [2.45, 2.75) is 12.8 Å². The predicted molar refractivity (Wildman–Crippen MR) is 86.1 cm³/mol. The van der Waals surface area contributed by atoms with Crippen molar-refractivity contribution in [1.29, 1.82) is 0 Å². The van der Waals surface area contributed by atoms with Crippen LogP contribution in [0.1, 0.15) is 11.1 Å². The van der Waals surface area contributed by atoms with Gasteiger partial charge in [0.25, 0.3) is 0 Å². The minimum Gasteiger partial charge on any atom is -0.355 e. The number of hydrogen-bond acceptors (Lipinski definition) is 2. The van der Waals surface area contributed by atoms with E-state index in [1.807, 2.05) is 0 Å². The van der Waals surface area contributed by atoms with E-state index in [1.165, 1.54) is 18.2 Å². The molecule has 0 aliphatic heterocycles. The van der Waals surface area contributed by atoms with Crippen LogP contribution in [0.2, 0.25) is 0 Å². The standard InChI is InChI=1S/C18H20F2N2O/c19-16-7-5-14(6-8-16)9-11-21-13-18(23)22-12-10-15-3-1-2-4-17(15)20/h1-8,21H,9-13H2,(H,22,23). The lowest BCUT2D eigenvalue weighted by Gasteiger charge is -2.07. The topological polar surface area (TPSA) is 41.1 Å². The van der Waals surface area contributed by atoms with Crippen LogP contribution in [-0.2, 0) is 17.6 Å². The van der Waals surface area contributed by atoms with E-state index in [1.54, 1.807) is 30.3 Å². The zero-order valence-electron chi connectivity index (χ0n) is 12.8. The largest absolute Gasteiger partial charge is 0.355 e. The number of hydrogen-bond donors (Lipinski definition) is 2. The van der Waals surface area contributed by atoms with Crippen molar-refractivity contribution in [2.24, 2.45) is 0 Å². The van der Waals surface area contributed by atoms with Gasteiger partial charge in [-0.2, -0.15) is 0 Å². The van der Waals surface area contributed by atoms with Crippen molar-refractivity contribution in [3.63, 3.8) is 0 Å². The van der Waals surface area contributed by atoms with Gasteiger partial charge in [0, 0.05) is 6.54 Å². The van der Waals surface area contributed by atoms with Crippen LogP contribution < -0.4 is 10.6 Å². The Balaban J connectivity index is 1.58. The van der Waals surface area contributed by atoms with E-state index in [9.17, 15) is 13.6 Å². The highest BCUT2D eigenvalue weighted by Crippen LogP contribution is 2.06. The van der Waals surface area contributed by atoms with Crippen LogP contribution >= 0.6 is 0 Å². The minimum atomic E-state index is -0.254. The molecule has 0 unspecified atom stereocenters. The normalized spacial score (nSPS) is 10.5. The van der Waals surface area contributed by atoms with Gasteiger partial charge in [-0.15, -0.1) is 0 Å². The average molecular weight is 318 g/mol. The van der Waals surface area contributed by atoms with Crippen LogP contribution in [0.15, 0.2) is 48.5 Å². The molecule has 0 aliphatic rings. The highest BCUT2D eigenvalue weighted by atomic mass is 19.1. The monoisotopic (exact) mass is 318 g/mol. The molecule has 2 rings (SSSR count). The van der Waals surface area contributed by atoms with Gasteiger partial charge < -0.3 is 10.6 Å². The first-order chi connectivity index (χ1) is 11.1. The summed E-state index contributed by atoms with van der Waals surface area (Å²) in [6.45, 7) is 1.24. The second-order valence-corrected chi connectivity index (χ2v) is 5.24. The third kappa shape index (κ3) is 6.16. The zero-order valence-corrected chi connectivity index (χ0v) is 12.8. The fourth-order valence-corrected chi connectivity index (χ4v) is 2.19. The highest BCUT2D eigenvalue weighted by molar-refractivity contribution is 5.77. The van der Waals surface area contributed by atoms with Crippen molar-refractivity contribution >= 4 is 5.91 Å². The lowest BCUT2D eigenvalue weighted by atomic mass is 10.1. The molecule has 1 amide bonds. The highest BCUT2D eigenvalue weighted by Gasteiger charge is 2.03. The molecule has 0 atom stereocenters. The van der Waals surface area contributed by atoms with E-state index in [2.05, 4.69) is 10.6 Å². The maximum Gasteiger partial charge on any atom is 0.233 e.